The third kappa shape index (κ3) is 5.36. The van der Waals surface area contributed by atoms with Gasteiger partial charge >= 0.3 is 0 Å². The van der Waals surface area contributed by atoms with Crippen molar-refractivity contribution in [2.75, 3.05) is 19.8 Å². The molecule has 0 fully saturated rings. The van der Waals surface area contributed by atoms with Gasteiger partial charge in [0, 0.05) is 11.1 Å². The van der Waals surface area contributed by atoms with Gasteiger partial charge in [-0.1, -0.05) is 17.7 Å². The van der Waals surface area contributed by atoms with Crippen LogP contribution in [0.25, 0.3) is 0 Å². The molecular formula is C20H22ClFN2O4. The maximum Gasteiger partial charge on any atom is 0.271 e. The van der Waals surface area contributed by atoms with E-state index in [0.717, 1.165) is 6.21 Å². The molecule has 2 rings (SSSR count). The van der Waals surface area contributed by atoms with Crippen molar-refractivity contribution >= 4 is 23.7 Å². The van der Waals surface area contributed by atoms with Gasteiger partial charge in [-0.3, -0.25) is 4.79 Å². The molecule has 0 heterocycles. The van der Waals surface area contributed by atoms with Gasteiger partial charge in [0.15, 0.2) is 11.5 Å². The lowest BCUT2D eigenvalue weighted by Gasteiger charge is -2.16. The largest absolute Gasteiger partial charge is 0.490 e. The molecule has 2 aromatic carbocycles. The minimum absolute atomic E-state index is 0.0844. The van der Waals surface area contributed by atoms with Crippen molar-refractivity contribution in [3.05, 3.63) is 52.3 Å². The van der Waals surface area contributed by atoms with Crippen molar-refractivity contribution in [3.8, 4) is 17.2 Å². The maximum atomic E-state index is 13.8. The van der Waals surface area contributed by atoms with Crippen LogP contribution < -0.4 is 19.6 Å². The molecule has 28 heavy (non-hydrogen) atoms. The number of amides is 1. The van der Waals surface area contributed by atoms with Crippen LogP contribution in [0.5, 0.6) is 17.2 Å². The van der Waals surface area contributed by atoms with Gasteiger partial charge in [0.2, 0.25) is 5.75 Å². The van der Waals surface area contributed by atoms with Crippen molar-refractivity contribution in [3.63, 3.8) is 0 Å². The van der Waals surface area contributed by atoms with Crippen LogP contribution in [0, 0.1) is 5.82 Å². The number of hydrogen-bond acceptors (Lipinski definition) is 5. The van der Waals surface area contributed by atoms with Gasteiger partial charge in [-0.05, 0) is 45.0 Å². The van der Waals surface area contributed by atoms with E-state index in [4.69, 9.17) is 25.8 Å². The van der Waals surface area contributed by atoms with Crippen molar-refractivity contribution in [2.24, 2.45) is 5.10 Å². The van der Waals surface area contributed by atoms with E-state index in [9.17, 15) is 9.18 Å². The van der Waals surface area contributed by atoms with Crippen LogP contribution in [0.15, 0.2) is 35.4 Å². The first-order chi connectivity index (χ1) is 13.5. The summed E-state index contributed by atoms with van der Waals surface area (Å²) in [5.74, 6) is 0.157. The molecule has 8 heteroatoms. The van der Waals surface area contributed by atoms with Gasteiger partial charge in [-0.15, -0.1) is 0 Å². The maximum absolute atomic E-state index is 13.8. The zero-order valence-corrected chi connectivity index (χ0v) is 16.7. The van der Waals surface area contributed by atoms with E-state index < -0.39 is 11.7 Å². The number of hydrazone groups is 1. The topological polar surface area (TPSA) is 69.2 Å². The fraction of sp³-hybridized carbons (Fsp3) is 0.300. The Balaban J connectivity index is 2.27. The van der Waals surface area contributed by atoms with Gasteiger partial charge < -0.3 is 14.2 Å². The van der Waals surface area contributed by atoms with Gasteiger partial charge in [0.05, 0.1) is 31.1 Å². The summed E-state index contributed by atoms with van der Waals surface area (Å²) in [4.78, 5) is 12.5. The SMILES string of the molecule is CCOc1cc(C(=O)N/N=C/c2c(F)cccc2Cl)cc(OCC)c1OCC. The molecule has 1 amide bonds. The summed E-state index contributed by atoms with van der Waals surface area (Å²) < 4.78 is 30.5. The first-order valence-corrected chi connectivity index (χ1v) is 9.23. The summed E-state index contributed by atoms with van der Waals surface area (Å²) in [5, 5.41) is 3.98. The molecule has 0 radical (unpaired) electrons. The van der Waals surface area contributed by atoms with E-state index in [-0.39, 0.29) is 16.1 Å². The van der Waals surface area contributed by atoms with Gasteiger partial charge in [-0.2, -0.15) is 5.10 Å². The summed E-state index contributed by atoms with van der Waals surface area (Å²) in [7, 11) is 0. The fourth-order valence-electron chi connectivity index (χ4n) is 2.37. The minimum atomic E-state index is -0.538. The Bertz CT molecular complexity index is 811. The number of ether oxygens (including phenoxy) is 3. The van der Waals surface area contributed by atoms with Crippen LogP contribution in [0.1, 0.15) is 36.7 Å². The zero-order chi connectivity index (χ0) is 20.5. The summed E-state index contributed by atoms with van der Waals surface area (Å²) in [6, 6.07) is 7.35. The van der Waals surface area contributed by atoms with Crippen LogP contribution in [-0.4, -0.2) is 31.9 Å². The smallest absolute Gasteiger partial charge is 0.271 e. The average molecular weight is 409 g/mol. The second-order valence-corrected chi connectivity index (χ2v) is 5.84. The number of carbonyl (C=O) groups excluding carboxylic acids is 1. The number of carbonyl (C=O) groups is 1. The molecular weight excluding hydrogens is 387 g/mol. The first-order valence-electron chi connectivity index (χ1n) is 8.85. The highest BCUT2D eigenvalue weighted by molar-refractivity contribution is 6.33. The van der Waals surface area contributed by atoms with E-state index in [1.54, 1.807) is 0 Å². The molecule has 1 N–H and O–H groups in total. The van der Waals surface area contributed by atoms with Crippen molar-refractivity contribution in [1.82, 2.24) is 5.43 Å². The summed E-state index contributed by atoms with van der Waals surface area (Å²) in [6.45, 7) is 6.69. The molecule has 0 aromatic heterocycles. The zero-order valence-electron chi connectivity index (χ0n) is 15.9. The molecule has 2 aromatic rings. The van der Waals surface area contributed by atoms with Gasteiger partial charge in [0.1, 0.15) is 5.82 Å². The molecule has 150 valence electrons. The number of benzene rings is 2. The van der Waals surface area contributed by atoms with Crippen molar-refractivity contribution in [1.29, 1.82) is 0 Å². The molecule has 0 spiro atoms. The Labute approximate surface area is 168 Å². The van der Waals surface area contributed by atoms with Crippen LogP contribution in [0.3, 0.4) is 0 Å². The fourth-order valence-corrected chi connectivity index (χ4v) is 2.59. The number of halogens is 2. The quantitative estimate of drug-likeness (QED) is 0.492. The molecule has 0 aliphatic heterocycles. The van der Waals surface area contributed by atoms with Crippen molar-refractivity contribution < 1.29 is 23.4 Å². The van der Waals surface area contributed by atoms with Crippen LogP contribution in [0.4, 0.5) is 4.39 Å². The second kappa shape index (κ2) is 10.5. The number of nitrogens with zero attached hydrogens (tertiary/aromatic N) is 1. The minimum Gasteiger partial charge on any atom is -0.490 e. The molecule has 6 nitrogen and oxygen atoms in total. The molecule has 0 unspecified atom stereocenters. The molecule has 0 saturated carbocycles. The number of rotatable bonds is 9. The standard InChI is InChI=1S/C20H22ClFN2O4/c1-4-26-17-10-13(11-18(27-5-2)19(17)28-6-3)20(25)24-23-12-14-15(21)8-7-9-16(14)22/h7-12H,4-6H2,1-3H3,(H,24,25)/b23-12+. The summed E-state index contributed by atoms with van der Waals surface area (Å²) in [5.41, 5.74) is 2.69. The average Bonchev–Trinajstić information content (AvgIpc) is 2.66. The molecule has 0 aliphatic carbocycles. The van der Waals surface area contributed by atoms with E-state index in [2.05, 4.69) is 10.5 Å². The molecule has 0 atom stereocenters. The van der Waals surface area contributed by atoms with E-state index >= 15 is 0 Å². The van der Waals surface area contributed by atoms with Gasteiger partial charge in [0.25, 0.3) is 5.91 Å². The Morgan fingerprint density at radius 1 is 1.11 bits per heavy atom. The Morgan fingerprint density at radius 2 is 1.71 bits per heavy atom. The summed E-state index contributed by atoms with van der Waals surface area (Å²) in [6.07, 6.45) is 1.15. The highest BCUT2D eigenvalue weighted by Crippen LogP contribution is 2.39. The van der Waals surface area contributed by atoms with Crippen LogP contribution >= 0.6 is 11.6 Å². The van der Waals surface area contributed by atoms with Gasteiger partial charge in [-0.25, -0.2) is 9.82 Å². The monoisotopic (exact) mass is 408 g/mol. The third-order valence-corrected chi connectivity index (χ3v) is 3.86. The highest BCUT2D eigenvalue weighted by Gasteiger charge is 2.18. The third-order valence-electron chi connectivity index (χ3n) is 3.53. The lowest BCUT2D eigenvalue weighted by Crippen LogP contribution is -2.18. The molecule has 0 bridgehead atoms. The second-order valence-electron chi connectivity index (χ2n) is 5.44. The van der Waals surface area contributed by atoms with Crippen LogP contribution in [-0.2, 0) is 0 Å². The number of hydrogen-bond donors (Lipinski definition) is 1. The Morgan fingerprint density at radius 3 is 2.25 bits per heavy atom. The predicted octanol–water partition coefficient (Wildman–Crippen LogP) is 4.44. The normalized spacial score (nSPS) is 10.8. The van der Waals surface area contributed by atoms with Crippen LogP contribution in [0.2, 0.25) is 5.02 Å². The lowest BCUT2D eigenvalue weighted by molar-refractivity contribution is 0.0954. The summed E-state index contributed by atoms with van der Waals surface area (Å²) >= 11 is 5.93. The Hall–Kier alpha value is -2.80. The highest BCUT2D eigenvalue weighted by atomic mass is 35.5. The van der Waals surface area contributed by atoms with E-state index in [1.807, 2.05) is 20.8 Å². The van der Waals surface area contributed by atoms with E-state index in [0.29, 0.717) is 37.1 Å². The predicted molar refractivity (Wildman–Crippen MR) is 106 cm³/mol. The first kappa shape index (κ1) is 21.5. The molecule has 0 aliphatic rings. The lowest BCUT2D eigenvalue weighted by atomic mass is 10.1. The van der Waals surface area contributed by atoms with Crippen molar-refractivity contribution in [2.45, 2.75) is 20.8 Å². The molecule has 0 saturated heterocycles. The Kier molecular flexibility index (Phi) is 8.07. The van der Waals surface area contributed by atoms with E-state index in [1.165, 1.54) is 30.3 Å². The number of nitrogens with one attached hydrogen (secondary N) is 1.